The highest BCUT2D eigenvalue weighted by molar-refractivity contribution is 9.10. The third-order valence-corrected chi connectivity index (χ3v) is 3.61. The van der Waals surface area contributed by atoms with Crippen molar-refractivity contribution in [1.29, 1.82) is 0 Å². The zero-order chi connectivity index (χ0) is 10.6. The summed E-state index contributed by atoms with van der Waals surface area (Å²) >= 11 is 11.0. The molecule has 0 aromatic carbocycles. The molecule has 0 saturated carbocycles. The van der Waals surface area contributed by atoms with Gasteiger partial charge in [-0.3, -0.25) is 0 Å². The number of rotatable bonds is 4. The molecule has 2 nitrogen and oxygen atoms in total. The molecule has 78 valence electrons. The third kappa shape index (κ3) is 4.17. The van der Waals surface area contributed by atoms with E-state index in [4.69, 9.17) is 11.6 Å². The lowest BCUT2D eigenvalue weighted by Gasteiger charge is -2.08. The lowest BCUT2D eigenvalue weighted by molar-refractivity contribution is 0.437. The maximum absolute atomic E-state index is 5.79. The van der Waals surface area contributed by atoms with Crippen molar-refractivity contribution in [3.8, 4) is 0 Å². The van der Waals surface area contributed by atoms with Gasteiger partial charge in [0.15, 0.2) is 0 Å². The Hall–Kier alpha value is 0.230. The Kier molecular flexibility index (Phi) is 5.23. The number of hydrogen-bond acceptors (Lipinski definition) is 3. The average molecular weight is 296 g/mol. The molecule has 1 rings (SSSR count). The molecule has 0 aliphatic heterocycles. The van der Waals surface area contributed by atoms with Crippen LogP contribution in [0.15, 0.2) is 21.8 Å². The molecule has 0 spiro atoms. The van der Waals surface area contributed by atoms with Crippen molar-refractivity contribution in [2.75, 3.05) is 26.4 Å². The second-order valence-electron chi connectivity index (χ2n) is 3.09. The van der Waals surface area contributed by atoms with E-state index in [9.17, 15) is 0 Å². The minimum absolute atomic E-state index is 0.661. The van der Waals surface area contributed by atoms with Crippen LogP contribution in [-0.4, -0.2) is 36.3 Å². The molecule has 0 radical (unpaired) electrons. The Morgan fingerprint density at radius 3 is 2.86 bits per heavy atom. The van der Waals surface area contributed by atoms with Gasteiger partial charge in [-0.05, 0) is 36.1 Å². The summed E-state index contributed by atoms with van der Waals surface area (Å²) in [6, 6.07) is 1.87. The van der Waals surface area contributed by atoms with Crippen LogP contribution in [0.1, 0.15) is 0 Å². The summed E-state index contributed by atoms with van der Waals surface area (Å²) in [6.07, 6.45) is 1.67. The maximum Gasteiger partial charge on any atom is 0.110 e. The van der Waals surface area contributed by atoms with E-state index in [2.05, 4.69) is 39.9 Å². The summed E-state index contributed by atoms with van der Waals surface area (Å²) in [5.41, 5.74) is 0. The summed E-state index contributed by atoms with van der Waals surface area (Å²) < 4.78 is 0.966. The molecule has 0 fully saturated rings. The van der Waals surface area contributed by atoms with E-state index in [1.165, 1.54) is 0 Å². The van der Waals surface area contributed by atoms with Gasteiger partial charge in [-0.1, -0.05) is 11.6 Å². The first-order chi connectivity index (χ1) is 6.59. The summed E-state index contributed by atoms with van der Waals surface area (Å²) in [5.74, 6) is 1.03. The number of aromatic nitrogens is 1. The zero-order valence-electron chi connectivity index (χ0n) is 8.13. The van der Waals surface area contributed by atoms with Gasteiger partial charge < -0.3 is 4.90 Å². The van der Waals surface area contributed by atoms with Gasteiger partial charge in [0.2, 0.25) is 0 Å². The highest BCUT2D eigenvalue weighted by Crippen LogP contribution is 2.27. The van der Waals surface area contributed by atoms with Crippen molar-refractivity contribution in [2.24, 2.45) is 0 Å². The minimum atomic E-state index is 0.661. The van der Waals surface area contributed by atoms with Gasteiger partial charge in [-0.15, -0.1) is 11.8 Å². The van der Waals surface area contributed by atoms with E-state index in [1.54, 1.807) is 18.0 Å². The summed E-state index contributed by atoms with van der Waals surface area (Å²) in [7, 11) is 4.12. The third-order valence-electron chi connectivity index (χ3n) is 1.55. The maximum atomic E-state index is 5.79. The lowest BCUT2D eigenvalue weighted by atomic mass is 10.5. The van der Waals surface area contributed by atoms with E-state index >= 15 is 0 Å². The molecule has 0 atom stereocenters. The summed E-state index contributed by atoms with van der Waals surface area (Å²) in [5, 5.41) is 1.66. The predicted molar refractivity (Wildman–Crippen MR) is 66.2 cm³/mol. The molecule has 1 heterocycles. The molecule has 0 bridgehead atoms. The van der Waals surface area contributed by atoms with E-state index in [-0.39, 0.29) is 0 Å². The van der Waals surface area contributed by atoms with Crippen molar-refractivity contribution in [1.82, 2.24) is 9.88 Å². The van der Waals surface area contributed by atoms with Crippen LogP contribution in [0, 0.1) is 0 Å². The fraction of sp³-hybridized carbons (Fsp3) is 0.444. The lowest BCUT2D eigenvalue weighted by Crippen LogP contribution is -2.14. The summed E-state index contributed by atoms with van der Waals surface area (Å²) in [6.45, 7) is 1.04. The van der Waals surface area contributed by atoms with Crippen LogP contribution in [0.3, 0.4) is 0 Å². The minimum Gasteiger partial charge on any atom is -0.309 e. The fourth-order valence-corrected chi connectivity index (χ4v) is 2.79. The molecule has 1 aromatic heterocycles. The van der Waals surface area contributed by atoms with Crippen LogP contribution in [0.25, 0.3) is 0 Å². The monoisotopic (exact) mass is 294 g/mol. The fourth-order valence-electron chi connectivity index (χ4n) is 0.833. The van der Waals surface area contributed by atoms with Gasteiger partial charge in [-0.25, -0.2) is 4.98 Å². The molecular formula is C9H12BrClN2S. The van der Waals surface area contributed by atoms with Crippen molar-refractivity contribution in [3.63, 3.8) is 0 Å². The van der Waals surface area contributed by atoms with E-state index < -0.39 is 0 Å². The van der Waals surface area contributed by atoms with E-state index in [0.717, 1.165) is 21.8 Å². The SMILES string of the molecule is CN(C)CCSc1ncc(Cl)cc1Br. The van der Waals surface area contributed by atoms with Crippen molar-refractivity contribution in [3.05, 3.63) is 21.8 Å². The molecule has 5 heteroatoms. The van der Waals surface area contributed by atoms with Crippen LogP contribution < -0.4 is 0 Å². The molecule has 0 aliphatic carbocycles. The first-order valence-electron chi connectivity index (χ1n) is 4.18. The van der Waals surface area contributed by atoms with E-state index in [1.807, 2.05) is 6.07 Å². The molecule has 0 amide bonds. The Morgan fingerprint density at radius 1 is 1.57 bits per heavy atom. The van der Waals surface area contributed by atoms with E-state index in [0.29, 0.717) is 5.02 Å². The summed E-state index contributed by atoms with van der Waals surface area (Å²) in [4.78, 5) is 6.39. The van der Waals surface area contributed by atoms with Gasteiger partial charge in [-0.2, -0.15) is 0 Å². The molecule has 0 unspecified atom stereocenters. The number of nitrogens with zero attached hydrogens (tertiary/aromatic N) is 2. The first kappa shape index (κ1) is 12.3. The van der Waals surface area contributed by atoms with Gasteiger partial charge in [0.25, 0.3) is 0 Å². The largest absolute Gasteiger partial charge is 0.309 e. The van der Waals surface area contributed by atoms with Crippen LogP contribution in [0.2, 0.25) is 5.02 Å². The highest BCUT2D eigenvalue weighted by Gasteiger charge is 2.03. The molecule has 0 aliphatic rings. The van der Waals surface area contributed by atoms with Crippen LogP contribution in [0.4, 0.5) is 0 Å². The molecule has 0 saturated heterocycles. The Bertz CT molecular complexity index is 307. The molecule has 14 heavy (non-hydrogen) atoms. The standard InChI is InChI=1S/C9H12BrClN2S/c1-13(2)3-4-14-9-8(10)5-7(11)6-12-9/h5-6H,3-4H2,1-2H3. The van der Waals surface area contributed by atoms with Crippen LogP contribution in [0.5, 0.6) is 0 Å². The molecular weight excluding hydrogens is 284 g/mol. The van der Waals surface area contributed by atoms with Gasteiger partial charge in [0.1, 0.15) is 5.03 Å². The number of halogens is 2. The highest BCUT2D eigenvalue weighted by atomic mass is 79.9. The first-order valence-corrected chi connectivity index (χ1v) is 6.34. The Balaban J connectivity index is 2.51. The topological polar surface area (TPSA) is 16.1 Å². The second-order valence-corrected chi connectivity index (χ2v) is 5.47. The van der Waals surface area contributed by atoms with Crippen molar-refractivity contribution in [2.45, 2.75) is 5.03 Å². The van der Waals surface area contributed by atoms with Gasteiger partial charge >= 0.3 is 0 Å². The normalized spacial score (nSPS) is 10.9. The zero-order valence-corrected chi connectivity index (χ0v) is 11.3. The number of thioether (sulfide) groups is 1. The second kappa shape index (κ2) is 5.95. The van der Waals surface area contributed by atoms with Crippen molar-refractivity contribution < 1.29 is 0 Å². The number of hydrogen-bond donors (Lipinski definition) is 0. The average Bonchev–Trinajstić information content (AvgIpc) is 2.08. The predicted octanol–water partition coefficient (Wildman–Crippen LogP) is 3.15. The van der Waals surface area contributed by atoms with Crippen LogP contribution >= 0.6 is 39.3 Å². The molecule has 1 aromatic rings. The quantitative estimate of drug-likeness (QED) is 0.794. The Labute approximate surface area is 102 Å². The van der Waals surface area contributed by atoms with Crippen LogP contribution in [-0.2, 0) is 0 Å². The van der Waals surface area contributed by atoms with Gasteiger partial charge in [0.05, 0.1) is 9.50 Å². The van der Waals surface area contributed by atoms with Gasteiger partial charge in [0, 0.05) is 18.5 Å². The smallest absolute Gasteiger partial charge is 0.110 e. The molecule has 0 N–H and O–H groups in total. The van der Waals surface area contributed by atoms with Crippen molar-refractivity contribution >= 4 is 39.3 Å². The number of pyridine rings is 1. The Morgan fingerprint density at radius 2 is 2.29 bits per heavy atom.